The third-order valence-corrected chi connectivity index (χ3v) is 4.00. The lowest BCUT2D eigenvalue weighted by molar-refractivity contribution is -0.121. The van der Waals surface area contributed by atoms with Gasteiger partial charge in [0.2, 0.25) is 5.91 Å². The van der Waals surface area contributed by atoms with E-state index < -0.39 is 5.91 Å². The van der Waals surface area contributed by atoms with E-state index in [1.165, 1.54) is 0 Å². The molecule has 0 bridgehead atoms. The molecule has 1 aromatic carbocycles. The summed E-state index contributed by atoms with van der Waals surface area (Å²) in [5.74, 6) is 0.790. The maximum Gasteiger partial charge on any atom is 0.305 e. The fraction of sp³-hybridized carbons (Fsp3) is 0.368. The number of benzene rings is 1. The molecule has 0 spiro atoms. The molecule has 0 radical (unpaired) electrons. The van der Waals surface area contributed by atoms with Gasteiger partial charge in [-0.05, 0) is 42.9 Å². The van der Waals surface area contributed by atoms with Crippen LogP contribution in [-0.4, -0.2) is 36.9 Å². The highest BCUT2D eigenvalue weighted by Crippen LogP contribution is 2.12. The van der Waals surface area contributed by atoms with E-state index in [4.69, 9.17) is 9.15 Å². The van der Waals surface area contributed by atoms with Gasteiger partial charge in [0.15, 0.2) is 5.76 Å². The van der Waals surface area contributed by atoms with Crippen LogP contribution in [0.25, 0.3) is 0 Å². The first kappa shape index (κ1) is 19.5. The van der Waals surface area contributed by atoms with Crippen LogP contribution in [0, 0.1) is 0 Å². The minimum absolute atomic E-state index is 0.148. The third kappa shape index (κ3) is 5.63. The van der Waals surface area contributed by atoms with Gasteiger partial charge in [0.25, 0.3) is 0 Å². The number of ether oxygens (including phenoxy) is 1. The zero-order valence-electron chi connectivity index (χ0n) is 15.4. The monoisotopic (exact) mass is 359 g/mol. The Labute approximate surface area is 153 Å². The summed E-state index contributed by atoms with van der Waals surface area (Å²) in [4.78, 5) is 26.2. The minimum atomic E-state index is -0.487. The van der Waals surface area contributed by atoms with Crippen LogP contribution in [-0.2, 0) is 17.8 Å². The molecule has 1 heterocycles. The van der Waals surface area contributed by atoms with Crippen molar-refractivity contribution < 1.29 is 18.7 Å². The molecule has 26 heavy (non-hydrogen) atoms. The molecule has 0 aliphatic rings. The van der Waals surface area contributed by atoms with Gasteiger partial charge in [0, 0.05) is 0 Å². The lowest BCUT2D eigenvalue weighted by Crippen LogP contribution is -2.42. The number of methoxy groups -OCH3 is 1. The molecular formula is C19H25N3O4. The van der Waals surface area contributed by atoms with E-state index in [1.54, 1.807) is 43.5 Å². The van der Waals surface area contributed by atoms with Gasteiger partial charge in [-0.1, -0.05) is 26.0 Å². The van der Waals surface area contributed by atoms with Crippen molar-refractivity contribution in [2.24, 2.45) is 0 Å². The largest absolute Gasteiger partial charge is 0.497 e. The average Bonchev–Trinajstić information content (AvgIpc) is 3.13. The lowest BCUT2D eigenvalue weighted by Gasteiger charge is -2.15. The first-order valence-electron chi connectivity index (χ1n) is 8.58. The van der Waals surface area contributed by atoms with Gasteiger partial charge >= 0.3 is 5.91 Å². The second-order valence-corrected chi connectivity index (χ2v) is 5.75. The Hall–Kier alpha value is -2.80. The molecule has 7 nitrogen and oxygen atoms in total. The molecule has 0 fully saturated rings. The molecular weight excluding hydrogens is 334 g/mol. The highest BCUT2D eigenvalue weighted by Gasteiger charge is 2.13. The summed E-state index contributed by atoms with van der Waals surface area (Å²) in [6.07, 6.45) is 0.148. The van der Waals surface area contributed by atoms with E-state index in [0.29, 0.717) is 12.3 Å². The quantitative estimate of drug-likeness (QED) is 0.706. The van der Waals surface area contributed by atoms with Crippen LogP contribution in [0.2, 0.25) is 0 Å². The number of rotatable bonds is 8. The SMILES string of the molecule is CCN(CC)Cc1ccc(C(=O)NNC(=O)Cc2ccc(OC)cc2)o1. The number of nitrogens with one attached hydrogen (secondary N) is 2. The van der Waals surface area contributed by atoms with Crippen LogP contribution in [0.5, 0.6) is 5.75 Å². The number of furan rings is 1. The molecule has 1 aromatic heterocycles. The summed E-state index contributed by atoms with van der Waals surface area (Å²) in [6, 6.07) is 10.5. The third-order valence-electron chi connectivity index (χ3n) is 4.00. The van der Waals surface area contributed by atoms with Crippen molar-refractivity contribution in [1.29, 1.82) is 0 Å². The standard InChI is InChI=1S/C19H25N3O4/c1-4-22(5-2)13-16-10-11-17(26-16)19(24)21-20-18(23)12-14-6-8-15(25-3)9-7-14/h6-11H,4-5,12-13H2,1-3H3,(H,20,23)(H,21,24). The fourth-order valence-electron chi connectivity index (χ4n) is 2.41. The van der Waals surface area contributed by atoms with Crippen molar-refractivity contribution in [3.05, 3.63) is 53.5 Å². The van der Waals surface area contributed by atoms with Gasteiger partial charge in [-0.15, -0.1) is 0 Å². The van der Waals surface area contributed by atoms with Crippen molar-refractivity contribution in [1.82, 2.24) is 15.8 Å². The topological polar surface area (TPSA) is 83.8 Å². The summed E-state index contributed by atoms with van der Waals surface area (Å²) in [5.41, 5.74) is 5.57. The van der Waals surface area contributed by atoms with E-state index in [1.807, 2.05) is 0 Å². The second-order valence-electron chi connectivity index (χ2n) is 5.75. The number of carbonyl (C=O) groups excluding carboxylic acids is 2. The van der Waals surface area contributed by atoms with Crippen molar-refractivity contribution >= 4 is 11.8 Å². The molecule has 0 aliphatic heterocycles. The van der Waals surface area contributed by atoms with Crippen LogP contribution >= 0.6 is 0 Å². The van der Waals surface area contributed by atoms with Gasteiger partial charge in [0.1, 0.15) is 11.5 Å². The van der Waals surface area contributed by atoms with E-state index >= 15 is 0 Å². The zero-order valence-corrected chi connectivity index (χ0v) is 15.4. The molecule has 0 aliphatic carbocycles. The van der Waals surface area contributed by atoms with Crippen LogP contribution in [0.3, 0.4) is 0 Å². The Kier molecular flexibility index (Phi) is 7.23. The van der Waals surface area contributed by atoms with Gasteiger partial charge < -0.3 is 9.15 Å². The number of hydrogen-bond acceptors (Lipinski definition) is 5. The fourth-order valence-corrected chi connectivity index (χ4v) is 2.41. The molecule has 0 unspecified atom stereocenters. The van der Waals surface area contributed by atoms with E-state index in [-0.39, 0.29) is 18.1 Å². The maximum absolute atomic E-state index is 12.1. The van der Waals surface area contributed by atoms with Gasteiger partial charge in [-0.2, -0.15) is 0 Å². The summed E-state index contributed by atoms with van der Waals surface area (Å²) in [5, 5.41) is 0. The predicted octanol–water partition coefficient (Wildman–Crippen LogP) is 2.13. The van der Waals surface area contributed by atoms with Gasteiger partial charge in [-0.3, -0.25) is 25.3 Å². The average molecular weight is 359 g/mol. The summed E-state index contributed by atoms with van der Waals surface area (Å²) in [7, 11) is 1.58. The Morgan fingerprint density at radius 3 is 2.35 bits per heavy atom. The maximum atomic E-state index is 12.1. The molecule has 0 atom stereocenters. The van der Waals surface area contributed by atoms with Crippen molar-refractivity contribution in [2.75, 3.05) is 20.2 Å². The van der Waals surface area contributed by atoms with E-state index in [2.05, 4.69) is 29.6 Å². The highest BCUT2D eigenvalue weighted by molar-refractivity contribution is 5.93. The molecule has 7 heteroatoms. The van der Waals surface area contributed by atoms with Crippen molar-refractivity contribution in [3.63, 3.8) is 0 Å². The van der Waals surface area contributed by atoms with Crippen LogP contribution in [0.4, 0.5) is 0 Å². The number of hydrogen-bond donors (Lipinski definition) is 2. The van der Waals surface area contributed by atoms with Gasteiger partial charge in [-0.25, -0.2) is 0 Å². The van der Waals surface area contributed by atoms with E-state index in [0.717, 1.165) is 24.4 Å². The summed E-state index contributed by atoms with van der Waals surface area (Å²) in [6.45, 7) is 6.58. The minimum Gasteiger partial charge on any atom is -0.497 e. The van der Waals surface area contributed by atoms with Crippen LogP contribution < -0.4 is 15.6 Å². The molecule has 2 aromatic rings. The number of carbonyl (C=O) groups is 2. The van der Waals surface area contributed by atoms with Crippen molar-refractivity contribution in [2.45, 2.75) is 26.8 Å². The first-order chi connectivity index (χ1) is 12.5. The van der Waals surface area contributed by atoms with E-state index in [9.17, 15) is 9.59 Å². The normalized spacial score (nSPS) is 10.6. The Morgan fingerprint density at radius 2 is 1.73 bits per heavy atom. The smallest absolute Gasteiger partial charge is 0.305 e. The predicted molar refractivity (Wildman–Crippen MR) is 97.6 cm³/mol. The molecule has 2 N–H and O–H groups in total. The zero-order chi connectivity index (χ0) is 18.9. The Balaban J connectivity index is 1.82. The van der Waals surface area contributed by atoms with Crippen LogP contribution in [0.15, 0.2) is 40.8 Å². The molecule has 0 saturated carbocycles. The Bertz CT molecular complexity index is 721. The summed E-state index contributed by atoms with van der Waals surface area (Å²) >= 11 is 0. The van der Waals surface area contributed by atoms with Crippen LogP contribution in [0.1, 0.15) is 35.7 Å². The van der Waals surface area contributed by atoms with Gasteiger partial charge in [0.05, 0.1) is 20.1 Å². The highest BCUT2D eigenvalue weighted by atomic mass is 16.5. The summed E-state index contributed by atoms with van der Waals surface area (Å²) < 4.78 is 10.6. The number of hydrazine groups is 1. The molecule has 0 saturated heterocycles. The lowest BCUT2D eigenvalue weighted by atomic mass is 10.1. The molecule has 2 amide bonds. The number of nitrogens with zero attached hydrogens (tertiary/aromatic N) is 1. The second kappa shape index (κ2) is 9.62. The van der Waals surface area contributed by atoms with Crippen molar-refractivity contribution in [3.8, 4) is 5.75 Å². The first-order valence-corrected chi connectivity index (χ1v) is 8.58. The molecule has 2 rings (SSSR count). The Morgan fingerprint density at radius 1 is 1.04 bits per heavy atom. The molecule has 140 valence electrons. The number of amides is 2.